The van der Waals surface area contributed by atoms with Crippen LogP contribution >= 0.6 is 0 Å². The van der Waals surface area contributed by atoms with E-state index < -0.39 is 0 Å². The Morgan fingerprint density at radius 1 is 1.24 bits per heavy atom. The second-order valence-electron chi connectivity index (χ2n) is 5.32. The van der Waals surface area contributed by atoms with Gasteiger partial charge in [-0.25, -0.2) is 9.59 Å². The number of aromatic nitrogens is 1. The minimum Gasteiger partial charge on any atom is -0.462 e. The van der Waals surface area contributed by atoms with Crippen LogP contribution in [0, 0.1) is 13.8 Å². The van der Waals surface area contributed by atoms with Gasteiger partial charge < -0.3 is 14.6 Å². The molecule has 2 N–H and O–H groups in total. The van der Waals surface area contributed by atoms with Crippen molar-refractivity contribution < 1.29 is 14.3 Å². The number of amides is 2. The van der Waals surface area contributed by atoms with Gasteiger partial charge in [0.1, 0.15) is 5.82 Å². The van der Waals surface area contributed by atoms with Crippen LogP contribution in [-0.2, 0) is 4.74 Å². The van der Waals surface area contributed by atoms with Gasteiger partial charge in [-0.2, -0.15) is 0 Å². The van der Waals surface area contributed by atoms with Crippen LogP contribution in [0.25, 0.3) is 0 Å². The number of ether oxygens (including phenoxy) is 1. The number of likely N-dealkylation sites (tertiary alicyclic amines) is 1. The zero-order valence-electron chi connectivity index (χ0n) is 12.9. The molecule has 2 rings (SSSR count). The normalized spacial score (nSPS) is 14.9. The highest BCUT2D eigenvalue weighted by atomic mass is 16.5. The number of aromatic amines is 1. The molecule has 0 aromatic carbocycles. The smallest absolute Gasteiger partial charge is 0.340 e. The Bertz CT molecular complexity index is 531. The summed E-state index contributed by atoms with van der Waals surface area (Å²) >= 11 is 0. The Morgan fingerprint density at radius 3 is 2.52 bits per heavy atom. The van der Waals surface area contributed by atoms with Crippen LogP contribution in [0.1, 0.15) is 47.8 Å². The van der Waals surface area contributed by atoms with E-state index in [9.17, 15) is 9.59 Å². The highest BCUT2D eigenvalue weighted by molar-refractivity contribution is 5.97. The number of urea groups is 1. The third kappa shape index (κ3) is 3.37. The number of hydrogen-bond acceptors (Lipinski definition) is 3. The molecule has 0 radical (unpaired) electrons. The predicted octanol–water partition coefficient (Wildman–Crippen LogP) is 2.83. The average molecular weight is 293 g/mol. The molecule has 0 bridgehead atoms. The molecule has 1 aliphatic heterocycles. The van der Waals surface area contributed by atoms with E-state index in [1.54, 1.807) is 13.8 Å². The van der Waals surface area contributed by atoms with Crippen LogP contribution < -0.4 is 5.32 Å². The minimum absolute atomic E-state index is 0.116. The quantitative estimate of drug-likeness (QED) is 0.841. The lowest BCUT2D eigenvalue weighted by Gasteiger charge is -2.26. The largest absolute Gasteiger partial charge is 0.462 e. The van der Waals surface area contributed by atoms with E-state index in [-0.39, 0.29) is 12.0 Å². The summed E-state index contributed by atoms with van der Waals surface area (Å²) in [6.07, 6.45) is 3.27. The minimum atomic E-state index is -0.359. The lowest BCUT2D eigenvalue weighted by atomic mass is 10.1. The fourth-order valence-corrected chi connectivity index (χ4v) is 2.67. The summed E-state index contributed by atoms with van der Waals surface area (Å²) in [5, 5.41) is 2.86. The lowest BCUT2D eigenvalue weighted by Crippen LogP contribution is -2.38. The average Bonchev–Trinajstić information content (AvgIpc) is 2.74. The fourth-order valence-electron chi connectivity index (χ4n) is 2.67. The van der Waals surface area contributed by atoms with Crippen molar-refractivity contribution in [2.75, 3.05) is 25.0 Å². The van der Waals surface area contributed by atoms with Crippen molar-refractivity contribution in [3.8, 4) is 0 Å². The molecule has 116 valence electrons. The van der Waals surface area contributed by atoms with Gasteiger partial charge in [0.2, 0.25) is 0 Å². The van der Waals surface area contributed by atoms with Crippen molar-refractivity contribution in [3.05, 3.63) is 16.8 Å². The van der Waals surface area contributed by atoms with Crippen LogP contribution in [0.15, 0.2) is 0 Å². The van der Waals surface area contributed by atoms with Crippen molar-refractivity contribution in [3.63, 3.8) is 0 Å². The van der Waals surface area contributed by atoms with Gasteiger partial charge in [-0.1, -0.05) is 0 Å². The summed E-state index contributed by atoms with van der Waals surface area (Å²) in [4.78, 5) is 29.0. The molecular weight excluding hydrogens is 270 g/mol. The number of H-pyrrole nitrogens is 1. The van der Waals surface area contributed by atoms with Gasteiger partial charge in [0.05, 0.1) is 12.2 Å². The van der Waals surface area contributed by atoms with Crippen molar-refractivity contribution in [1.29, 1.82) is 0 Å². The maximum Gasteiger partial charge on any atom is 0.340 e. The standard InChI is InChI=1S/C15H23N3O3/c1-4-21-14(19)12-10(2)13(16-11(12)3)17-15(20)18-8-6-5-7-9-18/h16H,4-9H2,1-3H3,(H,17,20). The molecule has 0 aliphatic carbocycles. The molecular formula is C15H23N3O3. The van der Waals surface area contributed by atoms with Gasteiger partial charge in [0, 0.05) is 24.3 Å². The van der Waals surface area contributed by atoms with Gasteiger partial charge in [0.15, 0.2) is 0 Å². The molecule has 0 atom stereocenters. The highest BCUT2D eigenvalue weighted by Gasteiger charge is 2.22. The van der Waals surface area contributed by atoms with Crippen molar-refractivity contribution in [2.45, 2.75) is 40.0 Å². The second kappa shape index (κ2) is 6.65. The second-order valence-corrected chi connectivity index (χ2v) is 5.32. The monoisotopic (exact) mass is 293 g/mol. The van der Waals surface area contributed by atoms with Crippen molar-refractivity contribution >= 4 is 17.8 Å². The van der Waals surface area contributed by atoms with Gasteiger partial charge >= 0.3 is 12.0 Å². The number of piperidine rings is 1. The number of aryl methyl sites for hydroxylation is 1. The first kappa shape index (κ1) is 15.4. The van der Waals surface area contributed by atoms with Crippen LogP contribution in [0.4, 0.5) is 10.6 Å². The summed E-state index contributed by atoms with van der Waals surface area (Å²) in [5.41, 5.74) is 1.93. The van der Waals surface area contributed by atoms with Gasteiger partial charge in [-0.3, -0.25) is 5.32 Å². The first-order valence-corrected chi connectivity index (χ1v) is 7.46. The molecule has 21 heavy (non-hydrogen) atoms. The molecule has 2 heterocycles. The fraction of sp³-hybridized carbons (Fsp3) is 0.600. The maximum absolute atomic E-state index is 12.2. The number of nitrogens with zero attached hydrogens (tertiary/aromatic N) is 1. The van der Waals surface area contributed by atoms with Crippen LogP contribution in [0.5, 0.6) is 0 Å². The number of rotatable bonds is 3. The van der Waals surface area contributed by atoms with E-state index in [0.29, 0.717) is 23.7 Å². The summed E-state index contributed by atoms with van der Waals surface area (Å²) in [6.45, 7) is 7.29. The number of hydrogen-bond donors (Lipinski definition) is 2. The predicted molar refractivity (Wildman–Crippen MR) is 80.7 cm³/mol. The molecule has 0 unspecified atom stereocenters. The first-order chi connectivity index (χ1) is 10.0. The molecule has 1 saturated heterocycles. The summed E-state index contributed by atoms with van der Waals surface area (Å²) in [6, 6.07) is -0.116. The Kier molecular flexibility index (Phi) is 4.88. The molecule has 0 saturated carbocycles. The molecule has 1 aromatic heterocycles. The number of carbonyl (C=O) groups excluding carboxylic acids is 2. The zero-order chi connectivity index (χ0) is 15.4. The molecule has 6 nitrogen and oxygen atoms in total. The van der Waals surface area contributed by atoms with E-state index in [4.69, 9.17) is 4.74 Å². The summed E-state index contributed by atoms with van der Waals surface area (Å²) in [7, 11) is 0. The van der Waals surface area contributed by atoms with Gasteiger partial charge in [0.25, 0.3) is 0 Å². The number of anilines is 1. The van der Waals surface area contributed by atoms with E-state index in [0.717, 1.165) is 31.5 Å². The molecule has 1 fully saturated rings. The first-order valence-electron chi connectivity index (χ1n) is 7.46. The van der Waals surface area contributed by atoms with E-state index in [1.165, 1.54) is 6.42 Å². The van der Waals surface area contributed by atoms with Crippen LogP contribution in [0.2, 0.25) is 0 Å². The third-order valence-corrected chi connectivity index (χ3v) is 3.79. The highest BCUT2D eigenvalue weighted by Crippen LogP contribution is 2.23. The third-order valence-electron chi connectivity index (χ3n) is 3.79. The molecule has 0 spiro atoms. The van der Waals surface area contributed by atoms with Gasteiger partial charge in [-0.15, -0.1) is 0 Å². The Balaban J connectivity index is 2.12. The maximum atomic E-state index is 12.2. The Hall–Kier alpha value is -1.98. The summed E-state index contributed by atoms with van der Waals surface area (Å²) in [5.74, 6) is 0.216. The van der Waals surface area contributed by atoms with E-state index in [1.807, 2.05) is 11.8 Å². The summed E-state index contributed by atoms with van der Waals surface area (Å²) < 4.78 is 5.04. The molecule has 1 aromatic rings. The van der Waals surface area contributed by atoms with Crippen molar-refractivity contribution in [2.24, 2.45) is 0 Å². The molecule has 6 heteroatoms. The number of nitrogens with one attached hydrogen (secondary N) is 2. The SMILES string of the molecule is CCOC(=O)c1c(C)[nH]c(NC(=O)N2CCCCC2)c1C. The lowest BCUT2D eigenvalue weighted by molar-refractivity contribution is 0.0525. The molecule has 2 amide bonds. The van der Waals surface area contributed by atoms with Crippen LogP contribution in [-0.4, -0.2) is 41.6 Å². The van der Waals surface area contributed by atoms with E-state index in [2.05, 4.69) is 10.3 Å². The van der Waals surface area contributed by atoms with Gasteiger partial charge in [-0.05, 0) is 40.0 Å². The number of carbonyl (C=O) groups is 2. The number of esters is 1. The van der Waals surface area contributed by atoms with Crippen LogP contribution in [0.3, 0.4) is 0 Å². The Morgan fingerprint density at radius 2 is 1.90 bits per heavy atom. The Labute approximate surface area is 124 Å². The van der Waals surface area contributed by atoms with Crippen molar-refractivity contribution in [1.82, 2.24) is 9.88 Å². The topological polar surface area (TPSA) is 74.4 Å². The van der Waals surface area contributed by atoms with E-state index >= 15 is 0 Å². The molecule has 1 aliphatic rings. The zero-order valence-corrected chi connectivity index (χ0v) is 12.9.